The summed E-state index contributed by atoms with van der Waals surface area (Å²) in [6, 6.07) is 0. The van der Waals surface area contributed by atoms with Gasteiger partial charge in [0.05, 0.1) is 23.6 Å². The van der Waals surface area contributed by atoms with E-state index in [1.807, 2.05) is 13.8 Å². The van der Waals surface area contributed by atoms with E-state index in [0.29, 0.717) is 36.0 Å². The van der Waals surface area contributed by atoms with Gasteiger partial charge in [-0.1, -0.05) is 0 Å². The van der Waals surface area contributed by atoms with Gasteiger partial charge in [-0.05, 0) is 27.7 Å². The van der Waals surface area contributed by atoms with Crippen molar-refractivity contribution in [3.05, 3.63) is 11.4 Å². The second-order valence-electron chi connectivity index (χ2n) is 5.21. The van der Waals surface area contributed by atoms with Crippen molar-refractivity contribution in [3.8, 4) is 0 Å². The number of morpholine rings is 1. The van der Waals surface area contributed by atoms with Gasteiger partial charge in [0.25, 0.3) is 0 Å². The molecule has 1 fully saturated rings. The van der Waals surface area contributed by atoms with Gasteiger partial charge in [0.2, 0.25) is 10.0 Å². The van der Waals surface area contributed by atoms with Crippen LogP contribution in [0.3, 0.4) is 0 Å². The lowest BCUT2D eigenvalue weighted by atomic mass is 10.1. The first kappa shape index (κ1) is 13.5. The second kappa shape index (κ2) is 4.32. The molecular formula is C11H19N3O3S. The van der Waals surface area contributed by atoms with Crippen LogP contribution in [0.1, 0.15) is 25.2 Å². The van der Waals surface area contributed by atoms with E-state index in [1.54, 1.807) is 13.8 Å². The molecule has 0 spiro atoms. The maximum atomic E-state index is 12.6. The van der Waals surface area contributed by atoms with Crippen LogP contribution in [-0.4, -0.2) is 48.2 Å². The third-order valence-corrected chi connectivity index (χ3v) is 5.16. The normalized spacial score (nSPS) is 21.1. The lowest BCUT2D eigenvalue weighted by molar-refractivity contribution is -0.0640. The minimum atomic E-state index is -3.49. The van der Waals surface area contributed by atoms with Crippen molar-refractivity contribution < 1.29 is 13.2 Å². The van der Waals surface area contributed by atoms with E-state index in [9.17, 15) is 8.42 Å². The number of rotatable bonds is 2. The van der Waals surface area contributed by atoms with Crippen molar-refractivity contribution in [1.82, 2.24) is 14.5 Å². The number of ether oxygens (including phenoxy) is 1. The highest BCUT2D eigenvalue weighted by atomic mass is 32.2. The molecule has 1 saturated heterocycles. The Morgan fingerprint density at radius 2 is 2.06 bits per heavy atom. The Hall–Kier alpha value is -0.920. The van der Waals surface area contributed by atoms with Gasteiger partial charge in [-0.3, -0.25) is 5.10 Å². The molecule has 0 bridgehead atoms. The number of sulfonamides is 1. The van der Waals surface area contributed by atoms with Crippen molar-refractivity contribution >= 4 is 10.0 Å². The number of hydrogen-bond acceptors (Lipinski definition) is 4. The Kier molecular flexibility index (Phi) is 3.25. The number of H-pyrrole nitrogens is 1. The van der Waals surface area contributed by atoms with Crippen molar-refractivity contribution in [2.75, 3.05) is 19.7 Å². The Morgan fingerprint density at radius 1 is 1.39 bits per heavy atom. The first-order chi connectivity index (χ1) is 8.24. The molecule has 18 heavy (non-hydrogen) atoms. The molecule has 1 aromatic rings. The molecule has 2 rings (SSSR count). The third kappa shape index (κ3) is 2.30. The van der Waals surface area contributed by atoms with Crippen LogP contribution in [0.2, 0.25) is 0 Å². The molecule has 0 radical (unpaired) electrons. The summed E-state index contributed by atoms with van der Waals surface area (Å²) in [5, 5.41) is 6.67. The zero-order chi connectivity index (χ0) is 13.6. The first-order valence-electron chi connectivity index (χ1n) is 5.90. The van der Waals surface area contributed by atoms with Gasteiger partial charge in [-0.15, -0.1) is 0 Å². The van der Waals surface area contributed by atoms with Crippen LogP contribution < -0.4 is 0 Å². The van der Waals surface area contributed by atoms with E-state index in [0.717, 1.165) is 0 Å². The summed E-state index contributed by atoms with van der Waals surface area (Å²) in [6.07, 6.45) is 0. The molecule has 1 aliphatic rings. The molecule has 7 heteroatoms. The van der Waals surface area contributed by atoms with Crippen molar-refractivity contribution in [2.45, 2.75) is 38.2 Å². The Bertz CT molecular complexity index is 528. The van der Waals surface area contributed by atoms with Crippen LogP contribution in [0, 0.1) is 13.8 Å². The van der Waals surface area contributed by atoms with E-state index in [4.69, 9.17) is 4.74 Å². The molecule has 0 unspecified atom stereocenters. The van der Waals surface area contributed by atoms with Crippen LogP contribution in [0.25, 0.3) is 0 Å². The number of nitrogens with zero attached hydrogens (tertiary/aromatic N) is 2. The Labute approximate surface area is 107 Å². The number of aromatic amines is 1. The van der Waals surface area contributed by atoms with E-state index in [-0.39, 0.29) is 0 Å². The molecule has 102 valence electrons. The van der Waals surface area contributed by atoms with Crippen molar-refractivity contribution in [3.63, 3.8) is 0 Å². The fourth-order valence-electron chi connectivity index (χ4n) is 2.23. The van der Waals surface area contributed by atoms with Crippen molar-refractivity contribution in [1.29, 1.82) is 0 Å². The molecule has 1 aromatic heterocycles. The molecule has 0 atom stereocenters. The number of aryl methyl sites for hydroxylation is 2. The van der Waals surface area contributed by atoms with Crippen LogP contribution in [-0.2, 0) is 14.8 Å². The number of aromatic nitrogens is 2. The molecule has 0 saturated carbocycles. The zero-order valence-corrected chi connectivity index (χ0v) is 12.0. The monoisotopic (exact) mass is 273 g/mol. The van der Waals surface area contributed by atoms with Crippen molar-refractivity contribution in [2.24, 2.45) is 0 Å². The predicted octanol–water partition coefficient (Wildman–Crippen LogP) is 0.826. The molecule has 1 N–H and O–H groups in total. The standard InChI is InChI=1S/C11H19N3O3S/c1-8-10(9(2)13-12-8)18(15,16)14-5-6-17-11(3,4)7-14/h5-7H2,1-4H3,(H,12,13). The maximum Gasteiger partial charge on any atom is 0.246 e. The summed E-state index contributed by atoms with van der Waals surface area (Å²) in [4.78, 5) is 0.292. The summed E-state index contributed by atoms with van der Waals surface area (Å²) in [5.74, 6) is 0. The highest BCUT2D eigenvalue weighted by Crippen LogP contribution is 2.26. The Morgan fingerprint density at radius 3 is 2.56 bits per heavy atom. The van der Waals surface area contributed by atoms with Gasteiger partial charge in [-0.25, -0.2) is 8.42 Å². The quantitative estimate of drug-likeness (QED) is 0.866. The van der Waals surface area contributed by atoms with Crippen LogP contribution in [0.4, 0.5) is 0 Å². The van der Waals surface area contributed by atoms with Gasteiger partial charge in [0.1, 0.15) is 4.90 Å². The maximum absolute atomic E-state index is 12.6. The predicted molar refractivity (Wildman–Crippen MR) is 66.9 cm³/mol. The summed E-state index contributed by atoms with van der Waals surface area (Å²) < 4.78 is 32.2. The lowest BCUT2D eigenvalue weighted by Crippen LogP contribution is -2.50. The highest BCUT2D eigenvalue weighted by Gasteiger charge is 2.36. The molecule has 6 nitrogen and oxygen atoms in total. The topological polar surface area (TPSA) is 75.3 Å². The molecule has 2 heterocycles. The van der Waals surface area contributed by atoms with E-state index in [2.05, 4.69) is 10.2 Å². The fourth-order valence-corrected chi connectivity index (χ4v) is 4.13. The summed E-state index contributed by atoms with van der Waals surface area (Å²) >= 11 is 0. The van der Waals surface area contributed by atoms with Gasteiger partial charge in [0, 0.05) is 13.1 Å². The van der Waals surface area contributed by atoms with Gasteiger partial charge < -0.3 is 4.74 Å². The Balaban J connectivity index is 2.38. The number of nitrogens with one attached hydrogen (secondary N) is 1. The van der Waals surface area contributed by atoms with Gasteiger partial charge in [0.15, 0.2) is 0 Å². The van der Waals surface area contributed by atoms with Crippen LogP contribution in [0.5, 0.6) is 0 Å². The van der Waals surface area contributed by atoms with Crippen LogP contribution >= 0.6 is 0 Å². The lowest BCUT2D eigenvalue weighted by Gasteiger charge is -2.37. The summed E-state index contributed by atoms with van der Waals surface area (Å²) in [6.45, 7) is 8.37. The fraction of sp³-hybridized carbons (Fsp3) is 0.727. The van der Waals surface area contributed by atoms with Gasteiger partial charge in [-0.2, -0.15) is 9.40 Å². The SMILES string of the molecule is Cc1n[nH]c(C)c1S(=O)(=O)N1CCOC(C)(C)C1. The molecule has 0 aliphatic carbocycles. The average molecular weight is 273 g/mol. The molecule has 0 amide bonds. The van der Waals surface area contributed by atoms with Gasteiger partial charge >= 0.3 is 0 Å². The third-order valence-electron chi connectivity index (χ3n) is 3.05. The zero-order valence-electron chi connectivity index (χ0n) is 11.1. The van der Waals surface area contributed by atoms with E-state index in [1.165, 1.54) is 4.31 Å². The molecule has 0 aromatic carbocycles. The minimum absolute atomic E-state index is 0.292. The molecule has 1 aliphatic heterocycles. The average Bonchev–Trinajstić information content (AvgIpc) is 2.57. The summed E-state index contributed by atoms with van der Waals surface area (Å²) in [7, 11) is -3.49. The molecular weight excluding hydrogens is 254 g/mol. The number of hydrogen-bond donors (Lipinski definition) is 1. The van der Waals surface area contributed by atoms with Crippen LogP contribution in [0.15, 0.2) is 4.90 Å². The highest BCUT2D eigenvalue weighted by molar-refractivity contribution is 7.89. The second-order valence-corrected chi connectivity index (χ2v) is 7.08. The summed E-state index contributed by atoms with van der Waals surface area (Å²) in [5.41, 5.74) is 0.644. The minimum Gasteiger partial charge on any atom is -0.373 e. The van der Waals surface area contributed by atoms with E-state index >= 15 is 0 Å². The first-order valence-corrected chi connectivity index (χ1v) is 7.34. The largest absolute Gasteiger partial charge is 0.373 e. The smallest absolute Gasteiger partial charge is 0.246 e. The van der Waals surface area contributed by atoms with E-state index < -0.39 is 15.6 Å².